The van der Waals surface area contributed by atoms with E-state index in [4.69, 9.17) is 0 Å². The largest absolute Gasteiger partial charge is 0.295 e. The molecule has 0 spiro atoms. The van der Waals surface area contributed by atoms with E-state index >= 15 is 0 Å². The van der Waals surface area contributed by atoms with Gasteiger partial charge < -0.3 is 0 Å². The van der Waals surface area contributed by atoms with E-state index < -0.39 is 0 Å². The molecule has 0 bridgehead atoms. The van der Waals surface area contributed by atoms with E-state index in [1.807, 2.05) is 13.0 Å². The zero-order valence-electron chi connectivity index (χ0n) is 7.18. The molecule has 62 valence electrons. The Hall–Kier alpha value is -0.590. The minimum absolute atomic E-state index is 0.340. The van der Waals surface area contributed by atoms with Crippen molar-refractivity contribution >= 4 is 5.78 Å². The van der Waals surface area contributed by atoms with Crippen LogP contribution in [0, 0.1) is 5.92 Å². The van der Waals surface area contributed by atoms with Crippen LogP contribution >= 0.6 is 0 Å². The van der Waals surface area contributed by atoms with Gasteiger partial charge in [0, 0.05) is 5.92 Å². The molecule has 11 heavy (non-hydrogen) atoms. The fourth-order valence-corrected chi connectivity index (χ4v) is 1.69. The molecule has 0 unspecified atom stereocenters. The summed E-state index contributed by atoms with van der Waals surface area (Å²) < 4.78 is 0. The average Bonchev–Trinajstić information content (AvgIpc) is 2.07. The Morgan fingerprint density at radius 3 is 2.45 bits per heavy atom. The van der Waals surface area contributed by atoms with Crippen molar-refractivity contribution in [3.05, 3.63) is 12.2 Å². The van der Waals surface area contributed by atoms with E-state index in [0.717, 1.165) is 12.8 Å². The zero-order valence-corrected chi connectivity index (χ0v) is 7.18. The predicted octanol–water partition coefficient (Wildman–Crippen LogP) is 2.71. The molecule has 0 aromatic rings. The van der Waals surface area contributed by atoms with Crippen molar-refractivity contribution in [2.75, 3.05) is 0 Å². The van der Waals surface area contributed by atoms with Crippen LogP contribution < -0.4 is 0 Å². The van der Waals surface area contributed by atoms with Crippen molar-refractivity contribution in [3.8, 4) is 0 Å². The van der Waals surface area contributed by atoms with Gasteiger partial charge >= 0.3 is 0 Å². The summed E-state index contributed by atoms with van der Waals surface area (Å²) in [5, 5.41) is 0. The van der Waals surface area contributed by atoms with Gasteiger partial charge in [-0.25, -0.2) is 0 Å². The lowest BCUT2D eigenvalue weighted by Gasteiger charge is -2.18. The van der Waals surface area contributed by atoms with E-state index in [9.17, 15) is 4.79 Å². The molecular formula is C10H16O. The third-order valence-corrected chi connectivity index (χ3v) is 2.34. The van der Waals surface area contributed by atoms with Crippen LogP contribution in [0.1, 0.15) is 39.0 Å². The minimum atomic E-state index is 0.340. The average molecular weight is 152 g/mol. The molecule has 0 aromatic heterocycles. The lowest BCUT2D eigenvalue weighted by atomic mass is 9.86. The van der Waals surface area contributed by atoms with Crippen LogP contribution in [0.4, 0.5) is 0 Å². The van der Waals surface area contributed by atoms with E-state index in [1.165, 1.54) is 19.3 Å². The Morgan fingerprint density at radius 2 is 1.91 bits per heavy atom. The Labute approximate surface area is 68.5 Å². The summed E-state index contributed by atoms with van der Waals surface area (Å²) in [7, 11) is 0. The Morgan fingerprint density at radius 1 is 1.27 bits per heavy atom. The second kappa shape index (κ2) is 4.32. The second-order valence-corrected chi connectivity index (χ2v) is 3.24. The fraction of sp³-hybridized carbons (Fsp3) is 0.700. The monoisotopic (exact) mass is 152 g/mol. The number of hydrogen-bond donors (Lipinski definition) is 0. The van der Waals surface area contributed by atoms with E-state index in [-0.39, 0.29) is 0 Å². The lowest BCUT2D eigenvalue weighted by Crippen LogP contribution is -2.15. The first-order valence-electron chi connectivity index (χ1n) is 4.51. The minimum Gasteiger partial charge on any atom is -0.295 e. The predicted molar refractivity (Wildman–Crippen MR) is 46.4 cm³/mol. The van der Waals surface area contributed by atoms with Gasteiger partial charge in [-0.1, -0.05) is 25.3 Å². The first-order valence-corrected chi connectivity index (χ1v) is 4.51. The highest BCUT2D eigenvalue weighted by Gasteiger charge is 2.18. The third-order valence-electron chi connectivity index (χ3n) is 2.34. The number of carbonyl (C=O) groups is 1. The SMILES string of the molecule is C/C=C/C(=O)C1CCCCC1. The normalized spacial score (nSPS) is 20.8. The van der Waals surface area contributed by atoms with Gasteiger partial charge in [0.1, 0.15) is 0 Å². The summed E-state index contributed by atoms with van der Waals surface area (Å²) in [6.07, 6.45) is 9.60. The molecule has 1 aliphatic rings. The van der Waals surface area contributed by atoms with Crippen LogP contribution in [-0.2, 0) is 4.79 Å². The van der Waals surface area contributed by atoms with Gasteiger partial charge in [0.05, 0.1) is 0 Å². The molecular weight excluding hydrogens is 136 g/mol. The van der Waals surface area contributed by atoms with E-state index in [0.29, 0.717) is 11.7 Å². The summed E-state index contributed by atoms with van der Waals surface area (Å²) in [4.78, 5) is 11.3. The molecule has 1 rings (SSSR count). The molecule has 0 atom stereocenters. The van der Waals surface area contributed by atoms with Gasteiger partial charge in [-0.15, -0.1) is 0 Å². The summed E-state index contributed by atoms with van der Waals surface area (Å²) in [5.74, 6) is 0.687. The molecule has 0 aromatic carbocycles. The molecule has 0 N–H and O–H groups in total. The van der Waals surface area contributed by atoms with Crippen LogP contribution in [0.3, 0.4) is 0 Å². The third kappa shape index (κ3) is 2.49. The highest BCUT2D eigenvalue weighted by molar-refractivity contribution is 5.91. The molecule has 0 saturated heterocycles. The van der Waals surface area contributed by atoms with Gasteiger partial charge in [0.25, 0.3) is 0 Å². The van der Waals surface area contributed by atoms with Gasteiger partial charge in [0.15, 0.2) is 5.78 Å². The summed E-state index contributed by atoms with van der Waals surface area (Å²) >= 11 is 0. The summed E-state index contributed by atoms with van der Waals surface area (Å²) in [5.41, 5.74) is 0. The van der Waals surface area contributed by atoms with Crippen molar-refractivity contribution in [2.24, 2.45) is 5.92 Å². The molecule has 1 heteroatoms. The van der Waals surface area contributed by atoms with Crippen LogP contribution in [0.25, 0.3) is 0 Å². The van der Waals surface area contributed by atoms with Crippen molar-refractivity contribution in [2.45, 2.75) is 39.0 Å². The molecule has 1 fully saturated rings. The maximum Gasteiger partial charge on any atom is 0.158 e. The summed E-state index contributed by atoms with van der Waals surface area (Å²) in [6, 6.07) is 0. The first kappa shape index (κ1) is 8.51. The van der Waals surface area contributed by atoms with Crippen molar-refractivity contribution in [3.63, 3.8) is 0 Å². The van der Waals surface area contributed by atoms with Crippen LogP contribution in [0.2, 0.25) is 0 Å². The molecule has 1 saturated carbocycles. The second-order valence-electron chi connectivity index (χ2n) is 3.24. The topological polar surface area (TPSA) is 17.1 Å². The molecule has 0 radical (unpaired) electrons. The quantitative estimate of drug-likeness (QED) is 0.556. The standard InChI is InChI=1S/C10H16O/c1-2-6-10(11)9-7-4-3-5-8-9/h2,6,9H,3-5,7-8H2,1H3/b6-2+. The lowest BCUT2D eigenvalue weighted by molar-refractivity contribution is -0.119. The maximum atomic E-state index is 11.3. The number of ketones is 1. The highest BCUT2D eigenvalue weighted by atomic mass is 16.1. The van der Waals surface area contributed by atoms with Crippen molar-refractivity contribution < 1.29 is 4.79 Å². The molecule has 1 aliphatic carbocycles. The number of hydrogen-bond acceptors (Lipinski definition) is 1. The Balaban J connectivity index is 2.38. The smallest absolute Gasteiger partial charge is 0.158 e. The van der Waals surface area contributed by atoms with Crippen LogP contribution in [0.5, 0.6) is 0 Å². The van der Waals surface area contributed by atoms with Crippen molar-refractivity contribution in [1.82, 2.24) is 0 Å². The number of rotatable bonds is 2. The Bertz CT molecular complexity index is 152. The highest BCUT2D eigenvalue weighted by Crippen LogP contribution is 2.24. The first-order chi connectivity index (χ1) is 5.34. The van der Waals surface area contributed by atoms with Crippen molar-refractivity contribution in [1.29, 1.82) is 0 Å². The van der Waals surface area contributed by atoms with Gasteiger partial charge in [0.2, 0.25) is 0 Å². The molecule has 0 heterocycles. The number of allylic oxidation sites excluding steroid dienone is 2. The van der Waals surface area contributed by atoms with Crippen LogP contribution in [0.15, 0.2) is 12.2 Å². The van der Waals surface area contributed by atoms with Gasteiger partial charge in [-0.3, -0.25) is 4.79 Å². The van der Waals surface area contributed by atoms with E-state index in [1.54, 1.807) is 6.08 Å². The van der Waals surface area contributed by atoms with Crippen LogP contribution in [-0.4, -0.2) is 5.78 Å². The molecule has 0 aliphatic heterocycles. The van der Waals surface area contributed by atoms with E-state index in [2.05, 4.69) is 0 Å². The summed E-state index contributed by atoms with van der Waals surface area (Å²) in [6.45, 7) is 1.90. The Kier molecular flexibility index (Phi) is 3.34. The fourth-order valence-electron chi connectivity index (χ4n) is 1.69. The van der Waals surface area contributed by atoms with Gasteiger partial charge in [-0.2, -0.15) is 0 Å². The molecule has 1 nitrogen and oxygen atoms in total. The maximum absolute atomic E-state index is 11.3. The zero-order chi connectivity index (χ0) is 8.10. The van der Waals surface area contributed by atoms with Gasteiger partial charge in [-0.05, 0) is 25.8 Å². The number of carbonyl (C=O) groups excluding carboxylic acids is 1. The molecule has 0 amide bonds.